The third-order valence-electron chi connectivity index (χ3n) is 3.20. The van der Waals surface area contributed by atoms with Gasteiger partial charge in [0, 0.05) is 12.1 Å². The van der Waals surface area contributed by atoms with E-state index in [1.807, 2.05) is 50.2 Å². The van der Waals surface area contributed by atoms with Crippen LogP contribution in [0.5, 0.6) is 0 Å². The average molecular weight is 285 g/mol. The van der Waals surface area contributed by atoms with Crippen LogP contribution in [0.1, 0.15) is 24.2 Å². The Labute approximate surface area is 124 Å². The number of fused-ring (bicyclic) bond motifs is 1. The van der Waals surface area contributed by atoms with Crippen molar-refractivity contribution in [3.05, 3.63) is 48.0 Å². The average Bonchev–Trinajstić information content (AvgIpc) is 2.44. The Morgan fingerprint density at radius 1 is 1.10 bits per heavy atom. The summed E-state index contributed by atoms with van der Waals surface area (Å²) in [5.74, 6) is -1.02. The van der Waals surface area contributed by atoms with E-state index in [9.17, 15) is 9.59 Å². The Morgan fingerprint density at radius 3 is 2.38 bits per heavy atom. The van der Waals surface area contributed by atoms with Crippen molar-refractivity contribution >= 4 is 22.6 Å². The van der Waals surface area contributed by atoms with Gasteiger partial charge in [-0.05, 0) is 28.8 Å². The Bertz CT molecular complexity index is 664. The zero-order valence-electron chi connectivity index (χ0n) is 12.2. The highest BCUT2D eigenvalue weighted by atomic mass is 16.4. The van der Waals surface area contributed by atoms with Gasteiger partial charge in [0.15, 0.2) is 0 Å². The van der Waals surface area contributed by atoms with E-state index in [2.05, 4.69) is 0 Å². The van der Waals surface area contributed by atoms with Crippen molar-refractivity contribution in [2.75, 3.05) is 13.1 Å². The van der Waals surface area contributed by atoms with Crippen molar-refractivity contribution in [1.29, 1.82) is 0 Å². The molecule has 0 spiro atoms. The molecule has 2 aromatic rings. The lowest BCUT2D eigenvalue weighted by molar-refractivity contribution is -0.137. The van der Waals surface area contributed by atoms with Gasteiger partial charge in [0.2, 0.25) is 0 Å². The second-order valence-electron chi connectivity index (χ2n) is 5.54. The first-order valence-corrected chi connectivity index (χ1v) is 6.97. The lowest BCUT2D eigenvalue weighted by Crippen LogP contribution is -2.38. The number of amides is 1. The highest BCUT2D eigenvalue weighted by Crippen LogP contribution is 2.17. The molecule has 0 aliphatic rings. The van der Waals surface area contributed by atoms with Crippen LogP contribution in [0.2, 0.25) is 0 Å². The quantitative estimate of drug-likeness (QED) is 0.918. The van der Waals surface area contributed by atoms with Crippen LogP contribution in [0.3, 0.4) is 0 Å². The molecule has 2 rings (SSSR count). The largest absolute Gasteiger partial charge is 0.480 e. The van der Waals surface area contributed by atoms with Crippen molar-refractivity contribution in [3.63, 3.8) is 0 Å². The van der Waals surface area contributed by atoms with Crippen molar-refractivity contribution in [3.8, 4) is 0 Å². The number of nitrogens with zero attached hydrogens (tertiary/aromatic N) is 1. The van der Waals surface area contributed by atoms with Gasteiger partial charge >= 0.3 is 5.97 Å². The summed E-state index contributed by atoms with van der Waals surface area (Å²) in [6.45, 7) is 4.08. The lowest BCUT2D eigenvalue weighted by Gasteiger charge is -2.23. The van der Waals surface area contributed by atoms with Crippen LogP contribution in [-0.2, 0) is 4.79 Å². The minimum Gasteiger partial charge on any atom is -0.480 e. The maximum absolute atomic E-state index is 12.5. The summed E-state index contributed by atoms with van der Waals surface area (Å²) in [5.41, 5.74) is 0.524. The van der Waals surface area contributed by atoms with Gasteiger partial charge in [0.05, 0.1) is 0 Å². The van der Waals surface area contributed by atoms with Gasteiger partial charge in [-0.1, -0.05) is 44.2 Å². The number of carboxylic acid groups (broad SMARTS) is 1. The first-order valence-electron chi connectivity index (χ1n) is 6.97. The zero-order valence-corrected chi connectivity index (χ0v) is 12.2. The van der Waals surface area contributed by atoms with E-state index < -0.39 is 5.97 Å². The molecule has 110 valence electrons. The van der Waals surface area contributed by atoms with E-state index in [1.54, 1.807) is 6.07 Å². The first kappa shape index (κ1) is 15.0. The molecule has 0 saturated heterocycles. The number of carbonyl (C=O) groups excluding carboxylic acids is 1. The van der Waals surface area contributed by atoms with E-state index in [-0.39, 0.29) is 18.4 Å². The predicted molar refractivity (Wildman–Crippen MR) is 82.3 cm³/mol. The van der Waals surface area contributed by atoms with Crippen LogP contribution in [0, 0.1) is 5.92 Å². The van der Waals surface area contributed by atoms with Crippen molar-refractivity contribution in [2.24, 2.45) is 5.92 Å². The van der Waals surface area contributed by atoms with Crippen molar-refractivity contribution in [2.45, 2.75) is 13.8 Å². The number of benzene rings is 2. The molecule has 0 radical (unpaired) electrons. The Kier molecular flexibility index (Phi) is 4.58. The topological polar surface area (TPSA) is 57.6 Å². The van der Waals surface area contributed by atoms with Gasteiger partial charge in [-0.2, -0.15) is 0 Å². The minimum atomic E-state index is -0.996. The highest BCUT2D eigenvalue weighted by Gasteiger charge is 2.19. The monoisotopic (exact) mass is 285 g/mol. The third-order valence-corrected chi connectivity index (χ3v) is 3.20. The summed E-state index contributed by atoms with van der Waals surface area (Å²) in [4.78, 5) is 24.9. The molecular formula is C17H19NO3. The molecule has 0 fully saturated rings. The second kappa shape index (κ2) is 6.39. The summed E-state index contributed by atoms with van der Waals surface area (Å²) in [7, 11) is 0. The normalized spacial score (nSPS) is 10.8. The van der Waals surface area contributed by atoms with Gasteiger partial charge in [0.25, 0.3) is 5.91 Å². The predicted octanol–water partition coefficient (Wildman–Crippen LogP) is 3.02. The van der Waals surface area contributed by atoms with Gasteiger partial charge < -0.3 is 10.0 Å². The van der Waals surface area contributed by atoms with Gasteiger partial charge in [-0.3, -0.25) is 9.59 Å². The molecule has 0 aliphatic carbocycles. The molecule has 1 N–H and O–H groups in total. The zero-order chi connectivity index (χ0) is 15.4. The van der Waals surface area contributed by atoms with E-state index in [0.29, 0.717) is 12.1 Å². The standard InChI is InChI=1S/C17H19NO3/c1-12(2)10-18(11-16(19)20)17(21)15-8-7-13-5-3-4-6-14(13)9-15/h3-9,12H,10-11H2,1-2H3,(H,19,20). The molecule has 0 aromatic heterocycles. The van der Waals surface area contributed by atoms with Crippen LogP contribution >= 0.6 is 0 Å². The number of rotatable bonds is 5. The number of hydrogen-bond acceptors (Lipinski definition) is 2. The third kappa shape index (κ3) is 3.81. The second-order valence-corrected chi connectivity index (χ2v) is 5.54. The Balaban J connectivity index is 2.30. The Hall–Kier alpha value is -2.36. The van der Waals surface area contributed by atoms with Crippen LogP contribution < -0.4 is 0 Å². The van der Waals surface area contributed by atoms with Gasteiger partial charge in [-0.15, -0.1) is 0 Å². The van der Waals surface area contributed by atoms with Crippen LogP contribution in [-0.4, -0.2) is 35.0 Å². The molecule has 0 heterocycles. The fourth-order valence-electron chi connectivity index (χ4n) is 2.33. The summed E-state index contributed by atoms with van der Waals surface area (Å²) in [5, 5.41) is 11.0. The van der Waals surface area contributed by atoms with E-state index in [4.69, 9.17) is 5.11 Å². The maximum atomic E-state index is 12.5. The molecule has 0 aliphatic heterocycles. The van der Waals surface area contributed by atoms with Gasteiger partial charge in [0.1, 0.15) is 6.54 Å². The fourth-order valence-corrected chi connectivity index (χ4v) is 2.33. The summed E-state index contributed by atoms with van der Waals surface area (Å²) in [6, 6.07) is 13.2. The number of carbonyl (C=O) groups is 2. The maximum Gasteiger partial charge on any atom is 0.323 e. The fraction of sp³-hybridized carbons (Fsp3) is 0.294. The lowest BCUT2D eigenvalue weighted by atomic mass is 10.1. The molecule has 4 nitrogen and oxygen atoms in total. The van der Waals surface area contributed by atoms with Crippen LogP contribution in [0.15, 0.2) is 42.5 Å². The van der Waals surface area contributed by atoms with Crippen LogP contribution in [0.4, 0.5) is 0 Å². The van der Waals surface area contributed by atoms with E-state index >= 15 is 0 Å². The van der Waals surface area contributed by atoms with Crippen LogP contribution in [0.25, 0.3) is 10.8 Å². The van der Waals surface area contributed by atoms with Crippen molar-refractivity contribution < 1.29 is 14.7 Å². The smallest absolute Gasteiger partial charge is 0.323 e. The summed E-state index contributed by atoms with van der Waals surface area (Å²) < 4.78 is 0. The SMILES string of the molecule is CC(C)CN(CC(=O)O)C(=O)c1ccc2ccccc2c1. The molecule has 1 amide bonds. The molecule has 4 heteroatoms. The minimum absolute atomic E-state index is 0.216. The number of hydrogen-bond donors (Lipinski definition) is 1. The molecule has 0 unspecified atom stereocenters. The Morgan fingerprint density at radius 2 is 1.76 bits per heavy atom. The van der Waals surface area contributed by atoms with E-state index in [1.165, 1.54) is 4.90 Å². The molecule has 2 aromatic carbocycles. The summed E-state index contributed by atoms with van der Waals surface area (Å²) in [6.07, 6.45) is 0. The molecule has 0 bridgehead atoms. The summed E-state index contributed by atoms with van der Waals surface area (Å²) >= 11 is 0. The van der Waals surface area contributed by atoms with Gasteiger partial charge in [-0.25, -0.2) is 0 Å². The molecule has 0 saturated carbocycles. The molecule has 21 heavy (non-hydrogen) atoms. The molecule has 0 atom stereocenters. The molecular weight excluding hydrogens is 266 g/mol. The van der Waals surface area contributed by atoms with E-state index in [0.717, 1.165) is 10.8 Å². The van der Waals surface area contributed by atoms with Crippen molar-refractivity contribution in [1.82, 2.24) is 4.90 Å². The number of carboxylic acids is 1. The highest BCUT2D eigenvalue weighted by molar-refractivity contribution is 5.99. The first-order chi connectivity index (χ1) is 9.97. The number of aliphatic carboxylic acids is 1.